The molecule has 1 fully saturated rings. The lowest BCUT2D eigenvalue weighted by molar-refractivity contribution is -0.138. The molecule has 1 aliphatic heterocycles. The third kappa shape index (κ3) is 4.46. The molecule has 0 radical (unpaired) electrons. The van der Waals surface area contributed by atoms with E-state index in [0.29, 0.717) is 19.6 Å². The molecule has 0 atom stereocenters. The van der Waals surface area contributed by atoms with Crippen LogP contribution in [0.15, 0.2) is 6.07 Å². The Morgan fingerprint density at radius 2 is 2.05 bits per heavy atom. The summed E-state index contributed by atoms with van der Waals surface area (Å²) in [6.07, 6.45) is 1.76. The molecule has 2 rings (SSSR count). The first kappa shape index (κ1) is 15.8. The molecule has 2 heterocycles. The maximum atomic E-state index is 12.1. The molecule has 5 nitrogen and oxygen atoms in total. The lowest BCUT2D eigenvalue weighted by Gasteiger charge is -2.31. The summed E-state index contributed by atoms with van der Waals surface area (Å²) in [5.74, 6) is -0.546. The first-order valence-corrected chi connectivity index (χ1v) is 8.08. The number of carbonyl (C=O) groups excluding carboxylic acids is 1. The zero-order valence-electron chi connectivity index (χ0n) is 12.5. The number of carboxylic acids is 1. The van der Waals surface area contributed by atoms with Crippen molar-refractivity contribution in [2.75, 3.05) is 13.1 Å². The van der Waals surface area contributed by atoms with Gasteiger partial charge in [0.25, 0.3) is 0 Å². The third-order valence-corrected chi connectivity index (χ3v) is 5.15. The number of carbonyl (C=O) groups is 2. The van der Waals surface area contributed by atoms with Gasteiger partial charge in [0.05, 0.1) is 6.54 Å². The number of thiophene rings is 1. The van der Waals surface area contributed by atoms with Crippen LogP contribution in [-0.4, -0.2) is 35.1 Å². The summed E-state index contributed by atoms with van der Waals surface area (Å²) < 4.78 is 0. The fourth-order valence-corrected chi connectivity index (χ4v) is 3.59. The summed E-state index contributed by atoms with van der Waals surface area (Å²) in [6.45, 7) is 6.01. The van der Waals surface area contributed by atoms with Gasteiger partial charge in [0, 0.05) is 29.3 Å². The molecule has 116 valence electrons. The molecule has 1 aromatic heterocycles. The van der Waals surface area contributed by atoms with Gasteiger partial charge in [0.2, 0.25) is 0 Å². The number of piperidine rings is 1. The molecule has 0 aromatic carbocycles. The molecular formula is C15H22N2O3S. The minimum Gasteiger partial charge on any atom is -0.481 e. The second-order valence-electron chi connectivity index (χ2n) is 5.64. The van der Waals surface area contributed by atoms with Crippen molar-refractivity contribution >= 4 is 23.3 Å². The van der Waals surface area contributed by atoms with Crippen molar-refractivity contribution < 1.29 is 14.7 Å². The van der Waals surface area contributed by atoms with Gasteiger partial charge in [-0.2, -0.15) is 0 Å². The minimum absolute atomic E-state index is 0.0486. The summed E-state index contributed by atoms with van der Waals surface area (Å²) in [6, 6.07) is 2.06. The van der Waals surface area contributed by atoms with Crippen LogP contribution in [0, 0.1) is 19.8 Å². The van der Waals surface area contributed by atoms with Gasteiger partial charge in [-0.15, -0.1) is 11.3 Å². The smallest absolute Gasteiger partial charge is 0.317 e. The number of hydrogen-bond acceptors (Lipinski definition) is 3. The summed E-state index contributed by atoms with van der Waals surface area (Å²) in [4.78, 5) is 27.0. The number of amides is 2. The van der Waals surface area contributed by atoms with Crippen LogP contribution in [0.1, 0.15) is 34.6 Å². The standard InChI is InChI=1S/C15H22N2O3S/c1-10-7-13(21-11(10)2)9-16-15(20)17-5-3-12(4-6-17)8-14(18)19/h7,12H,3-6,8-9H2,1-2H3,(H,16,20)(H,18,19). The highest BCUT2D eigenvalue weighted by atomic mass is 32.1. The fourth-order valence-electron chi connectivity index (χ4n) is 2.60. The van der Waals surface area contributed by atoms with Gasteiger partial charge in [-0.05, 0) is 44.2 Å². The first-order chi connectivity index (χ1) is 9.95. The Kier molecular flexibility index (Phi) is 5.22. The third-order valence-electron chi connectivity index (χ3n) is 4.00. The number of nitrogens with one attached hydrogen (secondary N) is 1. The second kappa shape index (κ2) is 6.93. The molecule has 2 amide bonds. The number of rotatable bonds is 4. The van der Waals surface area contributed by atoms with Gasteiger partial charge in [0.1, 0.15) is 0 Å². The number of urea groups is 1. The van der Waals surface area contributed by atoms with Crippen LogP contribution in [0.4, 0.5) is 4.79 Å². The van der Waals surface area contributed by atoms with Gasteiger partial charge in [0.15, 0.2) is 0 Å². The molecule has 0 aliphatic carbocycles. The Morgan fingerprint density at radius 1 is 1.38 bits per heavy atom. The van der Waals surface area contributed by atoms with Gasteiger partial charge in [-0.1, -0.05) is 0 Å². The normalized spacial score (nSPS) is 16.0. The molecule has 21 heavy (non-hydrogen) atoms. The lowest BCUT2D eigenvalue weighted by Crippen LogP contribution is -2.44. The van der Waals surface area contributed by atoms with E-state index in [2.05, 4.69) is 25.2 Å². The molecule has 1 aliphatic rings. The maximum Gasteiger partial charge on any atom is 0.317 e. The van der Waals surface area contributed by atoms with E-state index in [1.54, 1.807) is 16.2 Å². The quantitative estimate of drug-likeness (QED) is 0.898. The van der Waals surface area contributed by atoms with Crippen molar-refractivity contribution in [3.8, 4) is 0 Å². The molecule has 0 spiro atoms. The van der Waals surface area contributed by atoms with E-state index in [9.17, 15) is 9.59 Å². The number of hydrogen-bond donors (Lipinski definition) is 2. The summed E-state index contributed by atoms with van der Waals surface area (Å²) in [7, 11) is 0. The van der Waals surface area contributed by atoms with E-state index in [1.165, 1.54) is 15.3 Å². The van der Waals surface area contributed by atoms with E-state index in [-0.39, 0.29) is 18.4 Å². The van der Waals surface area contributed by atoms with E-state index in [4.69, 9.17) is 5.11 Å². The van der Waals surface area contributed by atoms with Gasteiger partial charge < -0.3 is 15.3 Å². The molecule has 0 bridgehead atoms. The van der Waals surface area contributed by atoms with Crippen molar-refractivity contribution in [2.45, 2.75) is 39.7 Å². The van der Waals surface area contributed by atoms with Crippen molar-refractivity contribution in [1.82, 2.24) is 10.2 Å². The molecule has 1 saturated heterocycles. The van der Waals surface area contributed by atoms with E-state index in [1.807, 2.05) is 0 Å². The highest BCUT2D eigenvalue weighted by Gasteiger charge is 2.24. The number of aliphatic carboxylic acids is 1. The second-order valence-corrected chi connectivity index (χ2v) is 6.98. The van der Waals surface area contributed by atoms with E-state index in [0.717, 1.165) is 12.8 Å². The highest BCUT2D eigenvalue weighted by molar-refractivity contribution is 7.12. The zero-order chi connectivity index (χ0) is 15.4. The average molecular weight is 310 g/mol. The predicted octanol–water partition coefficient (Wildman–Crippen LogP) is 2.76. The SMILES string of the molecule is Cc1cc(CNC(=O)N2CCC(CC(=O)O)CC2)sc1C. The number of nitrogens with zero attached hydrogens (tertiary/aromatic N) is 1. The van der Waals surface area contributed by atoms with E-state index >= 15 is 0 Å². The molecular weight excluding hydrogens is 288 g/mol. The minimum atomic E-state index is -0.749. The highest BCUT2D eigenvalue weighted by Crippen LogP contribution is 2.22. The van der Waals surface area contributed by atoms with Crippen LogP contribution in [0.3, 0.4) is 0 Å². The van der Waals surface area contributed by atoms with Crippen molar-refractivity contribution in [1.29, 1.82) is 0 Å². The van der Waals surface area contributed by atoms with Crippen molar-refractivity contribution in [2.24, 2.45) is 5.92 Å². The van der Waals surface area contributed by atoms with Crippen LogP contribution in [0.5, 0.6) is 0 Å². The molecule has 0 unspecified atom stereocenters. The lowest BCUT2D eigenvalue weighted by atomic mass is 9.94. The zero-order valence-corrected chi connectivity index (χ0v) is 13.3. The monoisotopic (exact) mass is 310 g/mol. The predicted molar refractivity (Wildman–Crippen MR) is 82.6 cm³/mol. The fraction of sp³-hybridized carbons (Fsp3) is 0.600. The Balaban J connectivity index is 1.76. The summed E-state index contributed by atoms with van der Waals surface area (Å²) >= 11 is 1.71. The number of aryl methyl sites for hydroxylation is 2. The van der Waals surface area contributed by atoms with Crippen LogP contribution >= 0.6 is 11.3 Å². The first-order valence-electron chi connectivity index (χ1n) is 7.26. The van der Waals surface area contributed by atoms with Crippen LogP contribution in [0.2, 0.25) is 0 Å². The van der Waals surface area contributed by atoms with Crippen molar-refractivity contribution in [3.05, 3.63) is 21.4 Å². The van der Waals surface area contributed by atoms with Crippen LogP contribution in [0.25, 0.3) is 0 Å². The maximum absolute atomic E-state index is 12.1. The number of carboxylic acid groups (broad SMARTS) is 1. The Morgan fingerprint density at radius 3 is 2.57 bits per heavy atom. The Labute approximate surface area is 129 Å². The molecule has 0 saturated carbocycles. The molecule has 2 N–H and O–H groups in total. The van der Waals surface area contributed by atoms with E-state index < -0.39 is 5.97 Å². The summed E-state index contributed by atoms with van der Waals surface area (Å²) in [5.41, 5.74) is 1.26. The Hall–Kier alpha value is -1.56. The van der Waals surface area contributed by atoms with Gasteiger partial charge in [-0.3, -0.25) is 4.79 Å². The Bertz CT molecular complexity index is 499. The molecule has 6 heteroatoms. The largest absolute Gasteiger partial charge is 0.481 e. The van der Waals surface area contributed by atoms with Crippen LogP contribution in [-0.2, 0) is 11.3 Å². The van der Waals surface area contributed by atoms with Crippen LogP contribution < -0.4 is 5.32 Å². The van der Waals surface area contributed by atoms with Crippen molar-refractivity contribution in [3.63, 3.8) is 0 Å². The topological polar surface area (TPSA) is 69.6 Å². The number of likely N-dealkylation sites (tertiary alicyclic amines) is 1. The summed E-state index contributed by atoms with van der Waals surface area (Å²) in [5, 5.41) is 11.7. The van der Waals surface area contributed by atoms with Gasteiger partial charge >= 0.3 is 12.0 Å². The molecule has 1 aromatic rings. The average Bonchev–Trinajstić information content (AvgIpc) is 2.75. The van der Waals surface area contributed by atoms with Gasteiger partial charge in [-0.25, -0.2) is 4.79 Å².